The average Bonchev–Trinajstić information content (AvgIpc) is 3.36. The van der Waals surface area contributed by atoms with Gasteiger partial charge >= 0.3 is 0 Å². The summed E-state index contributed by atoms with van der Waals surface area (Å²) >= 11 is 1.52. The highest BCUT2D eigenvalue weighted by atomic mass is 32.1. The summed E-state index contributed by atoms with van der Waals surface area (Å²) in [6, 6.07) is 6.53. The van der Waals surface area contributed by atoms with E-state index in [-0.39, 0.29) is 5.78 Å². The zero-order valence-electron chi connectivity index (χ0n) is 15.8. The van der Waals surface area contributed by atoms with Crippen molar-refractivity contribution in [3.63, 3.8) is 0 Å². The molecule has 2 aromatic rings. The molecular formula is C20H25N3O3S. The molecule has 0 spiro atoms. The van der Waals surface area contributed by atoms with E-state index in [0.29, 0.717) is 19.3 Å². The van der Waals surface area contributed by atoms with Crippen molar-refractivity contribution in [2.24, 2.45) is 0 Å². The van der Waals surface area contributed by atoms with Crippen LogP contribution in [0.15, 0.2) is 24.4 Å². The molecule has 2 aliphatic heterocycles. The summed E-state index contributed by atoms with van der Waals surface area (Å²) in [5.41, 5.74) is 1.24. The predicted octanol–water partition coefficient (Wildman–Crippen LogP) is 3.74. The van der Waals surface area contributed by atoms with E-state index in [1.54, 1.807) is 6.20 Å². The lowest BCUT2D eigenvalue weighted by Gasteiger charge is -2.38. The Labute approximate surface area is 163 Å². The molecule has 1 aromatic heterocycles. The Morgan fingerprint density at radius 2 is 2.00 bits per heavy atom. The van der Waals surface area contributed by atoms with Crippen LogP contribution in [0.5, 0.6) is 11.5 Å². The lowest BCUT2D eigenvalue weighted by molar-refractivity contribution is 0.0985. The number of piperazine rings is 1. The van der Waals surface area contributed by atoms with Gasteiger partial charge in [0.2, 0.25) is 6.79 Å². The highest BCUT2D eigenvalue weighted by Crippen LogP contribution is 2.35. The Bertz CT molecular complexity index is 815. The number of hydrogen-bond donors (Lipinski definition) is 0. The number of ketones is 1. The fourth-order valence-electron chi connectivity index (χ4n) is 3.57. The second kappa shape index (κ2) is 7.86. The Morgan fingerprint density at radius 3 is 2.78 bits per heavy atom. The highest BCUT2D eigenvalue weighted by Gasteiger charge is 2.25. The van der Waals surface area contributed by atoms with Crippen LogP contribution in [0.25, 0.3) is 0 Å². The first-order valence-corrected chi connectivity index (χ1v) is 10.3. The van der Waals surface area contributed by atoms with Crippen LogP contribution in [0, 0.1) is 0 Å². The number of anilines is 1. The number of carbonyl (C=O) groups is 1. The number of Topliss-reactive ketones (excluding diaryl/α,β-unsaturated/α-hetero) is 1. The van der Waals surface area contributed by atoms with E-state index in [1.165, 1.54) is 16.9 Å². The molecule has 0 aliphatic carbocycles. The van der Waals surface area contributed by atoms with Crippen molar-refractivity contribution in [1.29, 1.82) is 0 Å². The minimum atomic E-state index is 0.205. The number of nitrogens with zero attached hydrogens (tertiary/aromatic N) is 3. The molecule has 0 bridgehead atoms. The maximum atomic E-state index is 12.0. The van der Waals surface area contributed by atoms with E-state index in [4.69, 9.17) is 9.47 Å². The number of rotatable bonds is 6. The molecule has 27 heavy (non-hydrogen) atoms. The molecular weight excluding hydrogens is 362 g/mol. The molecule has 6 nitrogen and oxygen atoms in total. The molecule has 7 heteroatoms. The molecule has 1 saturated heterocycles. The molecule has 0 N–H and O–H groups in total. The number of fused-ring (bicyclic) bond motifs is 1. The van der Waals surface area contributed by atoms with Gasteiger partial charge in [0.15, 0.2) is 22.4 Å². The van der Waals surface area contributed by atoms with Crippen molar-refractivity contribution in [2.75, 3.05) is 37.9 Å². The number of benzene rings is 1. The highest BCUT2D eigenvalue weighted by molar-refractivity contribution is 7.17. The summed E-state index contributed by atoms with van der Waals surface area (Å²) in [5.74, 6) is 1.87. The first-order valence-electron chi connectivity index (χ1n) is 9.53. The van der Waals surface area contributed by atoms with Crippen molar-refractivity contribution < 1.29 is 14.3 Å². The fourth-order valence-corrected chi connectivity index (χ4v) is 4.51. The molecule has 0 radical (unpaired) electrons. The Kier molecular flexibility index (Phi) is 5.31. The summed E-state index contributed by atoms with van der Waals surface area (Å²) in [6.45, 7) is 8.34. The molecule has 0 amide bonds. The van der Waals surface area contributed by atoms with Crippen molar-refractivity contribution >= 4 is 22.3 Å². The SMILES string of the molecule is CCCC(=O)c1cnc(N2CCN(C(C)c3ccc4c(c3)OCO4)CC2)s1. The standard InChI is InChI=1S/C20H25N3O3S/c1-3-4-16(24)19-12-21-20(27-19)23-9-7-22(8-10-23)14(2)15-5-6-17-18(11-15)26-13-25-17/h5-6,11-12,14H,3-4,7-10,13H2,1-2H3. The molecule has 1 atom stereocenters. The normalized spacial score (nSPS) is 17.9. The monoisotopic (exact) mass is 387 g/mol. The third kappa shape index (κ3) is 3.80. The molecule has 1 aromatic carbocycles. The first kappa shape index (κ1) is 18.3. The maximum Gasteiger partial charge on any atom is 0.231 e. The zero-order valence-corrected chi connectivity index (χ0v) is 16.6. The smallest absolute Gasteiger partial charge is 0.231 e. The van der Waals surface area contributed by atoms with Gasteiger partial charge in [-0.2, -0.15) is 0 Å². The molecule has 144 valence electrons. The van der Waals surface area contributed by atoms with E-state index in [1.807, 2.05) is 13.0 Å². The van der Waals surface area contributed by atoms with Crippen LogP contribution < -0.4 is 14.4 Å². The van der Waals surface area contributed by atoms with E-state index in [2.05, 4.69) is 33.8 Å². The number of thiazole rings is 1. The van der Waals surface area contributed by atoms with Gasteiger partial charge in [0.1, 0.15) is 0 Å². The van der Waals surface area contributed by atoms with Crippen LogP contribution in [0.3, 0.4) is 0 Å². The summed E-state index contributed by atoms with van der Waals surface area (Å²) in [5, 5.41) is 0.963. The van der Waals surface area contributed by atoms with Crippen molar-refractivity contribution in [3.05, 3.63) is 34.8 Å². The second-order valence-corrected chi connectivity index (χ2v) is 8.00. The van der Waals surface area contributed by atoms with Crippen molar-refractivity contribution in [1.82, 2.24) is 9.88 Å². The van der Waals surface area contributed by atoms with E-state index in [0.717, 1.165) is 54.1 Å². The minimum Gasteiger partial charge on any atom is -0.454 e. The summed E-state index contributed by atoms with van der Waals surface area (Å²) in [6.07, 6.45) is 3.21. The second-order valence-electron chi connectivity index (χ2n) is 6.99. The topological polar surface area (TPSA) is 54.9 Å². The van der Waals surface area contributed by atoms with Crippen molar-refractivity contribution in [3.8, 4) is 11.5 Å². The van der Waals surface area contributed by atoms with Gasteiger partial charge in [0, 0.05) is 38.6 Å². The molecule has 2 aliphatic rings. The summed E-state index contributed by atoms with van der Waals surface area (Å²) < 4.78 is 10.9. The van der Waals surface area contributed by atoms with Gasteiger partial charge in [-0.25, -0.2) is 4.98 Å². The third-order valence-corrected chi connectivity index (χ3v) is 6.36. The fraction of sp³-hybridized carbons (Fsp3) is 0.500. The van der Waals surface area contributed by atoms with Crippen LogP contribution >= 0.6 is 11.3 Å². The summed E-state index contributed by atoms with van der Waals surface area (Å²) in [7, 11) is 0. The predicted molar refractivity (Wildman–Crippen MR) is 106 cm³/mol. The number of ether oxygens (including phenoxy) is 2. The largest absolute Gasteiger partial charge is 0.454 e. The molecule has 0 saturated carbocycles. The van der Waals surface area contributed by atoms with Gasteiger partial charge in [-0.05, 0) is 31.0 Å². The zero-order chi connectivity index (χ0) is 18.8. The molecule has 3 heterocycles. The van der Waals surface area contributed by atoms with Crippen LogP contribution in [0.2, 0.25) is 0 Å². The molecule has 1 fully saturated rings. The lowest BCUT2D eigenvalue weighted by atomic mass is 10.1. The number of aromatic nitrogens is 1. The van der Waals surface area contributed by atoms with Gasteiger partial charge in [0.25, 0.3) is 0 Å². The Morgan fingerprint density at radius 1 is 1.22 bits per heavy atom. The van der Waals surface area contributed by atoms with E-state index < -0.39 is 0 Å². The van der Waals surface area contributed by atoms with E-state index >= 15 is 0 Å². The third-order valence-electron chi connectivity index (χ3n) is 5.26. The summed E-state index contributed by atoms with van der Waals surface area (Å²) in [4.78, 5) is 22.1. The Balaban J connectivity index is 1.36. The first-order chi connectivity index (χ1) is 13.2. The van der Waals surface area contributed by atoms with Gasteiger partial charge in [0.05, 0.1) is 11.1 Å². The number of carbonyl (C=O) groups excluding carboxylic acids is 1. The average molecular weight is 388 g/mol. The van der Waals surface area contributed by atoms with Crippen LogP contribution in [0.4, 0.5) is 5.13 Å². The van der Waals surface area contributed by atoms with Gasteiger partial charge in [-0.3, -0.25) is 9.69 Å². The van der Waals surface area contributed by atoms with Gasteiger partial charge in [-0.1, -0.05) is 24.3 Å². The number of hydrogen-bond acceptors (Lipinski definition) is 7. The maximum absolute atomic E-state index is 12.0. The van der Waals surface area contributed by atoms with Crippen LogP contribution in [-0.2, 0) is 0 Å². The van der Waals surface area contributed by atoms with Crippen LogP contribution in [-0.4, -0.2) is 48.6 Å². The quantitative estimate of drug-likeness (QED) is 0.704. The van der Waals surface area contributed by atoms with Gasteiger partial charge in [-0.15, -0.1) is 0 Å². The van der Waals surface area contributed by atoms with Crippen molar-refractivity contribution in [2.45, 2.75) is 32.7 Å². The lowest BCUT2D eigenvalue weighted by Crippen LogP contribution is -2.47. The molecule has 1 unspecified atom stereocenters. The van der Waals surface area contributed by atoms with E-state index in [9.17, 15) is 4.79 Å². The minimum absolute atomic E-state index is 0.205. The van der Waals surface area contributed by atoms with Gasteiger partial charge < -0.3 is 14.4 Å². The van der Waals surface area contributed by atoms with Crippen LogP contribution in [0.1, 0.15) is 48.0 Å². The Hall–Kier alpha value is -2.12. The molecule has 4 rings (SSSR count).